The summed E-state index contributed by atoms with van der Waals surface area (Å²) in [4.78, 5) is 10.1. The van der Waals surface area contributed by atoms with E-state index in [9.17, 15) is 4.79 Å². The fraction of sp³-hybridized carbons (Fsp3) is 0.667. The van der Waals surface area contributed by atoms with Crippen molar-refractivity contribution in [3.05, 3.63) is 0 Å². The van der Waals surface area contributed by atoms with Crippen molar-refractivity contribution < 1.29 is 8.61 Å². The molecule has 0 unspecified atom stereocenters. The quantitative estimate of drug-likeness (QED) is 0.438. The van der Waals surface area contributed by atoms with Gasteiger partial charge in [0.15, 0.2) is 0 Å². The molecule has 0 saturated carbocycles. The number of carbonyl (C=O) groups excluding carboxylic acids is 1. The molecule has 0 aromatic rings. The number of carbonyl (C=O) groups is 1. The van der Waals surface area contributed by atoms with Crippen LogP contribution in [0.25, 0.3) is 0 Å². The second kappa shape index (κ2) is 1.73. The van der Waals surface area contributed by atoms with Crippen molar-refractivity contribution in [3.63, 3.8) is 0 Å². The van der Waals surface area contributed by atoms with Crippen LogP contribution < -0.4 is 0 Å². The molecule has 0 aromatic carbocycles. The van der Waals surface area contributed by atoms with E-state index < -0.39 is 0 Å². The maximum absolute atomic E-state index is 10.1. The zero-order valence-electron chi connectivity index (χ0n) is 3.14. The van der Waals surface area contributed by atoms with E-state index in [2.05, 4.69) is 0 Å². The van der Waals surface area contributed by atoms with Gasteiger partial charge in [0.25, 0.3) is 0 Å². The van der Waals surface area contributed by atoms with Crippen LogP contribution in [-0.2, 0) is 8.61 Å². The molecular formula is C3H4O2Se. The molecule has 1 aliphatic rings. The van der Waals surface area contributed by atoms with Gasteiger partial charge in [0, 0.05) is 0 Å². The van der Waals surface area contributed by atoms with Crippen molar-refractivity contribution in [2.24, 2.45) is 0 Å². The number of hydrogen-bond acceptors (Lipinski definition) is 2. The summed E-state index contributed by atoms with van der Waals surface area (Å²) in [5.74, 6) is 0. The summed E-state index contributed by atoms with van der Waals surface area (Å²) in [7, 11) is 0. The van der Waals surface area contributed by atoms with Crippen molar-refractivity contribution in [2.75, 3.05) is 6.61 Å². The normalized spacial score (nSPS) is 22.3. The topological polar surface area (TPSA) is 26.3 Å². The maximum atomic E-state index is 10.1. The monoisotopic (exact) mass is 152 g/mol. The zero-order valence-corrected chi connectivity index (χ0v) is 4.85. The summed E-state index contributed by atoms with van der Waals surface area (Å²) >= 11 is -0.111. The number of hydrogen-bond donors (Lipinski definition) is 0. The zero-order chi connectivity index (χ0) is 4.41. The first kappa shape index (κ1) is 4.31. The third kappa shape index (κ3) is 0.805. The van der Waals surface area contributed by atoms with Crippen molar-refractivity contribution >= 4 is 20.0 Å². The standard InChI is InChI=1S/C3H4O2Se/c4-3-1-2-5-6-3/h1-2H2. The van der Waals surface area contributed by atoms with Crippen LogP contribution in [0.3, 0.4) is 0 Å². The Labute approximate surface area is 42.3 Å². The van der Waals surface area contributed by atoms with Crippen molar-refractivity contribution in [2.45, 2.75) is 6.42 Å². The molecule has 6 heavy (non-hydrogen) atoms. The van der Waals surface area contributed by atoms with Gasteiger partial charge in [-0.25, -0.2) is 0 Å². The van der Waals surface area contributed by atoms with Crippen LogP contribution in [-0.4, -0.2) is 26.6 Å². The molecular weight excluding hydrogens is 147 g/mol. The van der Waals surface area contributed by atoms with Gasteiger partial charge < -0.3 is 0 Å². The SMILES string of the molecule is O=C1CCO[Se]1. The summed E-state index contributed by atoms with van der Waals surface area (Å²) in [6.07, 6.45) is 0.653. The molecule has 0 aliphatic carbocycles. The Morgan fingerprint density at radius 2 is 2.67 bits per heavy atom. The summed E-state index contributed by atoms with van der Waals surface area (Å²) in [6, 6.07) is 0. The molecule has 0 radical (unpaired) electrons. The van der Waals surface area contributed by atoms with E-state index in [4.69, 9.17) is 3.82 Å². The van der Waals surface area contributed by atoms with E-state index in [-0.39, 0.29) is 15.3 Å². The first-order valence-electron chi connectivity index (χ1n) is 1.72. The van der Waals surface area contributed by atoms with Crippen molar-refractivity contribution in [3.8, 4) is 0 Å². The third-order valence-electron chi connectivity index (χ3n) is 0.541. The van der Waals surface area contributed by atoms with Crippen LogP contribution in [0, 0.1) is 0 Å². The van der Waals surface area contributed by atoms with Crippen molar-refractivity contribution in [1.29, 1.82) is 0 Å². The van der Waals surface area contributed by atoms with E-state index in [0.717, 1.165) is 0 Å². The van der Waals surface area contributed by atoms with Gasteiger partial charge in [0.2, 0.25) is 0 Å². The van der Waals surface area contributed by atoms with Crippen LogP contribution in [0.2, 0.25) is 0 Å². The molecule has 0 atom stereocenters. The predicted octanol–water partition coefficient (Wildman–Crippen LogP) is -0.448. The molecule has 1 aliphatic heterocycles. The summed E-state index contributed by atoms with van der Waals surface area (Å²) in [5.41, 5.74) is 0. The predicted molar refractivity (Wildman–Crippen MR) is 21.3 cm³/mol. The van der Waals surface area contributed by atoms with Crippen LogP contribution in [0.5, 0.6) is 0 Å². The van der Waals surface area contributed by atoms with E-state index in [1.54, 1.807) is 0 Å². The summed E-state index contributed by atoms with van der Waals surface area (Å²) < 4.78 is 5.06. The van der Waals surface area contributed by atoms with E-state index in [0.29, 0.717) is 17.7 Å². The first-order chi connectivity index (χ1) is 2.89. The van der Waals surface area contributed by atoms with E-state index >= 15 is 0 Å². The molecule has 1 fully saturated rings. The van der Waals surface area contributed by atoms with Crippen LogP contribution in [0.15, 0.2) is 0 Å². The van der Waals surface area contributed by atoms with E-state index in [1.807, 2.05) is 0 Å². The minimum atomic E-state index is -0.111. The van der Waals surface area contributed by atoms with Crippen LogP contribution >= 0.6 is 0 Å². The Morgan fingerprint density at radius 1 is 1.83 bits per heavy atom. The molecule has 2 nitrogen and oxygen atoms in total. The molecule has 0 bridgehead atoms. The molecule has 3 heteroatoms. The molecule has 1 heterocycles. The van der Waals surface area contributed by atoms with Gasteiger partial charge in [-0.05, 0) is 0 Å². The van der Waals surface area contributed by atoms with Crippen LogP contribution in [0.1, 0.15) is 6.42 Å². The first-order valence-corrected chi connectivity index (χ1v) is 3.27. The van der Waals surface area contributed by atoms with Gasteiger partial charge in [-0.1, -0.05) is 0 Å². The molecule has 0 aromatic heterocycles. The Balaban J connectivity index is 2.37. The molecule has 1 saturated heterocycles. The van der Waals surface area contributed by atoms with Crippen molar-refractivity contribution in [1.82, 2.24) is 0 Å². The fourth-order valence-corrected chi connectivity index (χ4v) is 1.25. The van der Waals surface area contributed by atoms with E-state index in [1.165, 1.54) is 0 Å². The van der Waals surface area contributed by atoms with Gasteiger partial charge in [0.05, 0.1) is 0 Å². The Morgan fingerprint density at radius 3 is 2.83 bits per heavy atom. The van der Waals surface area contributed by atoms with Gasteiger partial charge in [-0.15, -0.1) is 0 Å². The summed E-state index contributed by atoms with van der Waals surface area (Å²) in [5, 5.41) is 0. The number of rotatable bonds is 0. The van der Waals surface area contributed by atoms with Gasteiger partial charge in [-0.3, -0.25) is 0 Å². The average molecular weight is 151 g/mol. The molecule has 0 spiro atoms. The Bertz CT molecular complexity index is 63.2. The van der Waals surface area contributed by atoms with Gasteiger partial charge in [0.1, 0.15) is 0 Å². The minimum absolute atomic E-state index is 0.111. The molecule has 34 valence electrons. The average Bonchev–Trinajstić information content (AvgIpc) is 1.86. The van der Waals surface area contributed by atoms with Gasteiger partial charge >= 0.3 is 41.6 Å². The second-order valence-electron chi connectivity index (χ2n) is 1.03. The third-order valence-corrected chi connectivity index (χ3v) is 1.96. The molecule has 0 amide bonds. The molecule has 1 rings (SSSR count). The summed E-state index contributed by atoms with van der Waals surface area (Å²) in [6.45, 7) is 0.666. The second-order valence-corrected chi connectivity index (χ2v) is 2.83. The van der Waals surface area contributed by atoms with Gasteiger partial charge in [-0.2, -0.15) is 0 Å². The Hall–Kier alpha value is 0.149. The molecule has 0 N–H and O–H groups in total. The Kier molecular flexibility index (Phi) is 1.25. The fourth-order valence-electron chi connectivity index (χ4n) is 0.274. The van der Waals surface area contributed by atoms with Crippen LogP contribution in [0.4, 0.5) is 0 Å².